The molecule has 0 spiro atoms. The van der Waals surface area contributed by atoms with E-state index in [0.717, 1.165) is 18.9 Å². The molecule has 0 saturated carbocycles. The van der Waals surface area contributed by atoms with Gasteiger partial charge in [0.05, 0.1) is 13.2 Å². The molecule has 0 bridgehead atoms. The van der Waals surface area contributed by atoms with Crippen LogP contribution in [-0.4, -0.2) is 37.5 Å². The average Bonchev–Trinajstić information content (AvgIpc) is 2.20. The first-order valence-electron chi connectivity index (χ1n) is 6.00. The fraction of sp³-hybridized carbons (Fsp3) is 0.917. The largest absolute Gasteiger partial charge is 0.481 e. The molecule has 96 valence electrons. The maximum absolute atomic E-state index is 10.2. The van der Waals surface area contributed by atoms with E-state index in [2.05, 4.69) is 13.8 Å². The lowest BCUT2D eigenvalue weighted by molar-refractivity contribution is -0.137. The summed E-state index contributed by atoms with van der Waals surface area (Å²) in [6.45, 7) is 6.85. The second-order valence-electron chi connectivity index (χ2n) is 4.26. The fourth-order valence-electron chi connectivity index (χ4n) is 1.24. The Kier molecular flexibility index (Phi) is 10.5. The lowest BCUT2D eigenvalue weighted by Crippen LogP contribution is -2.07. The molecular weight excluding hydrogens is 208 g/mol. The zero-order valence-corrected chi connectivity index (χ0v) is 10.4. The number of hydrogen-bond donors (Lipinski definition) is 1. The van der Waals surface area contributed by atoms with Gasteiger partial charge < -0.3 is 14.6 Å². The molecular formula is C12H24O4. The van der Waals surface area contributed by atoms with Gasteiger partial charge in [-0.15, -0.1) is 0 Å². The van der Waals surface area contributed by atoms with Crippen molar-refractivity contribution in [3.8, 4) is 0 Å². The van der Waals surface area contributed by atoms with Gasteiger partial charge in [-0.25, -0.2) is 0 Å². The highest BCUT2D eigenvalue weighted by Gasteiger charge is 1.97. The average molecular weight is 232 g/mol. The minimum absolute atomic E-state index is 0.176. The van der Waals surface area contributed by atoms with Crippen LogP contribution in [0.2, 0.25) is 0 Å². The van der Waals surface area contributed by atoms with E-state index in [-0.39, 0.29) is 6.42 Å². The van der Waals surface area contributed by atoms with Gasteiger partial charge in [0, 0.05) is 19.6 Å². The normalized spacial score (nSPS) is 10.9. The van der Waals surface area contributed by atoms with Crippen molar-refractivity contribution in [3.05, 3.63) is 0 Å². The molecule has 16 heavy (non-hydrogen) atoms. The number of hydrogen-bond acceptors (Lipinski definition) is 3. The van der Waals surface area contributed by atoms with Crippen molar-refractivity contribution in [2.24, 2.45) is 5.92 Å². The maximum Gasteiger partial charge on any atom is 0.303 e. The van der Waals surface area contributed by atoms with Crippen molar-refractivity contribution in [1.82, 2.24) is 0 Å². The van der Waals surface area contributed by atoms with E-state index < -0.39 is 5.97 Å². The molecule has 0 radical (unpaired) electrons. The molecule has 0 aliphatic heterocycles. The van der Waals surface area contributed by atoms with Crippen molar-refractivity contribution in [1.29, 1.82) is 0 Å². The molecule has 0 aromatic heterocycles. The van der Waals surface area contributed by atoms with Gasteiger partial charge in [0.15, 0.2) is 0 Å². The van der Waals surface area contributed by atoms with Gasteiger partial charge in [0.2, 0.25) is 0 Å². The molecule has 4 nitrogen and oxygen atoms in total. The molecule has 0 heterocycles. The third-order valence-electron chi connectivity index (χ3n) is 2.12. The van der Waals surface area contributed by atoms with Crippen LogP contribution in [0.25, 0.3) is 0 Å². The highest BCUT2D eigenvalue weighted by molar-refractivity contribution is 5.66. The molecule has 0 fully saturated rings. The summed E-state index contributed by atoms with van der Waals surface area (Å²) in [6.07, 6.45) is 3.04. The van der Waals surface area contributed by atoms with E-state index in [1.807, 2.05) is 0 Å². The highest BCUT2D eigenvalue weighted by atomic mass is 16.5. The quantitative estimate of drug-likeness (QED) is 0.555. The Labute approximate surface area is 97.9 Å². The lowest BCUT2D eigenvalue weighted by Gasteiger charge is -2.06. The van der Waals surface area contributed by atoms with Gasteiger partial charge in [-0.1, -0.05) is 13.8 Å². The van der Waals surface area contributed by atoms with Crippen LogP contribution in [0.3, 0.4) is 0 Å². The van der Waals surface area contributed by atoms with Crippen molar-refractivity contribution in [3.63, 3.8) is 0 Å². The van der Waals surface area contributed by atoms with E-state index in [1.165, 1.54) is 6.42 Å². The van der Waals surface area contributed by atoms with Crippen LogP contribution < -0.4 is 0 Å². The predicted molar refractivity (Wildman–Crippen MR) is 62.6 cm³/mol. The Morgan fingerprint density at radius 2 is 1.62 bits per heavy atom. The number of carboxylic acids is 1. The van der Waals surface area contributed by atoms with Gasteiger partial charge in [-0.2, -0.15) is 0 Å². The second kappa shape index (κ2) is 10.9. The topological polar surface area (TPSA) is 55.8 Å². The predicted octanol–water partition coefficient (Wildman–Crippen LogP) is 2.32. The Hall–Kier alpha value is -0.610. The van der Waals surface area contributed by atoms with Gasteiger partial charge in [0.1, 0.15) is 0 Å². The summed E-state index contributed by atoms with van der Waals surface area (Å²) >= 11 is 0. The van der Waals surface area contributed by atoms with Gasteiger partial charge in [0.25, 0.3) is 0 Å². The maximum atomic E-state index is 10.2. The molecule has 0 aliphatic rings. The Bertz CT molecular complexity index is 168. The van der Waals surface area contributed by atoms with E-state index in [9.17, 15) is 4.79 Å². The number of carbonyl (C=O) groups is 1. The monoisotopic (exact) mass is 232 g/mol. The molecule has 0 amide bonds. The summed E-state index contributed by atoms with van der Waals surface area (Å²) in [6, 6.07) is 0. The zero-order chi connectivity index (χ0) is 12.2. The minimum atomic E-state index is -0.770. The van der Waals surface area contributed by atoms with Crippen molar-refractivity contribution < 1.29 is 19.4 Å². The van der Waals surface area contributed by atoms with Crippen LogP contribution in [0.5, 0.6) is 0 Å². The molecule has 0 rings (SSSR count). The third-order valence-corrected chi connectivity index (χ3v) is 2.12. The fourth-order valence-corrected chi connectivity index (χ4v) is 1.24. The summed E-state index contributed by atoms with van der Waals surface area (Å²) in [5, 5.41) is 8.38. The van der Waals surface area contributed by atoms with Crippen molar-refractivity contribution >= 4 is 5.97 Å². The number of rotatable bonds is 11. The number of ether oxygens (including phenoxy) is 2. The summed E-state index contributed by atoms with van der Waals surface area (Å²) < 4.78 is 10.6. The lowest BCUT2D eigenvalue weighted by atomic mass is 10.1. The van der Waals surface area contributed by atoms with E-state index >= 15 is 0 Å². The Morgan fingerprint density at radius 3 is 2.12 bits per heavy atom. The van der Waals surface area contributed by atoms with Crippen LogP contribution >= 0.6 is 0 Å². The molecule has 0 atom stereocenters. The van der Waals surface area contributed by atoms with Gasteiger partial charge in [-0.05, 0) is 25.2 Å². The van der Waals surface area contributed by atoms with Crippen molar-refractivity contribution in [2.45, 2.75) is 39.5 Å². The van der Waals surface area contributed by atoms with Crippen LogP contribution in [0.15, 0.2) is 0 Å². The standard InChI is InChI=1S/C12H24O4/c1-11(2)5-3-7-15-9-10-16-8-4-6-12(13)14/h11H,3-10H2,1-2H3,(H,13,14). The van der Waals surface area contributed by atoms with E-state index in [1.54, 1.807) is 0 Å². The van der Waals surface area contributed by atoms with E-state index in [0.29, 0.717) is 26.2 Å². The molecule has 4 heteroatoms. The Balaban J connectivity index is 2.96. The van der Waals surface area contributed by atoms with Gasteiger partial charge >= 0.3 is 5.97 Å². The third kappa shape index (κ3) is 13.4. The smallest absolute Gasteiger partial charge is 0.303 e. The molecule has 0 saturated heterocycles. The molecule has 0 aliphatic carbocycles. The summed E-state index contributed by atoms with van der Waals surface area (Å²) in [5.74, 6) is -0.0376. The summed E-state index contributed by atoms with van der Waals surface area (Å²) in [4.78, 5) is 10.2. The van der Waals surface area contributed by atoms with Crippen LogP contribution in [-0.2, 0) is 14.3 Å². The molecule has 0 aromatic carbocycles. The van der Waals surface area contributed by atoms with Crippen LogP contribution in [0.1, 0.15) is 39.5 Å². The Morgan fingerprint density at radius 1 is 1.06 bits per heavy atom. The second-order valence-corrected chi connectivity index (χ2v) is 4.26. The van der Waals surface area contributed by atoms with Crippen molar-refractivity contribution in [2.75, 3.05) is 26.4 Å². The molecule has 0 unspecified atom stereocenters. The molecule has 1 N–H and O–H groups in total. The highest BCUT2D eigenvalue weighted by Crippen LogP contribution is 2.02. The zero-order valence-electron chi connectivity index (χ0n) is 10.4. The van der Waals surface area contributed by atoms with Crippen LogP contribution in [0, 0.1) is 5.92 Å². The SMILES string of the molecule is CC(C)CCCOCCOCCCC(=O)O. The first-order valence-corrected chi connectivity index (χ1v) is 6.00. The molecule has 0 aromatic rings. The minimum Gasteiger partial charge on any atom is -0.481 e. The number of carboxylic acid groups (broad SMARTS) is 1. The van der Waals surface area contributed by atoms with E-state index in [4.69, 9.17) is 14.6 Å². The first kappa shape index (κ1) is 15.4. The summed E-state index contributed by atoms with van der Waals surface area (Å²) in [7, 11) is 0. The van der Waals surface area contributed by atoms with Gasteiger partial charge in [-0.3, -0.25) is 4.79 Å². The van der Waals surface area contributed by atoms with Crippen LogP contribution in [0.4, 0.5) is 0 Å². The first-order chi connectivity index (χ1) is 7.63. The number of aliphatic carboxylic acids is 1. The summed E-state index contributed by atoms with van der Waals surface area (Å²) in [5.41, 5.74) is 0.